The van der Waals surface area contributed by atoms with Crippen molar-refractivity contribution < 1.29 is 18.7 Å². The van der Waals surface area contributed by atoms with E-state index in [9.17, 15) is 4.79 Å². The SMILES string of the molecule is COc1cc(C(=O)N2CCC(c3nc4cc(Cl)ccc4o3)CC2)ccc1OCc1ccccc1. The molecular formula is C27H25ClN2O4. The molecule has 1 aliphatic heterocycles. The number of benzene rings is 3. The van der Waals surface area contributed by atoms with Gasteiger partial charge in [-0.1, -0.05) is 41.9 Å². The summed E-state index contributed by atoms with van der Waals surface area (Å²) < 4.78 is 17.3. The number of piperidine rings is 1. The summed E-state index contributed by atoms with van der Waals surface area (Å²) in [6.45, 7) is 1.70. The van der Waals surface area contributed by atoms with E-state index in [0.717, 1.165) is 29.5 Å². The number of hydrogen-bond acceptors (Lipinski definition) is 5. The molecule has 1 fully saturated rings. The highest BCUT2D eigenvalue weighted by molar-refractivity contribution is 6.31. The van der Waals surface area contributed by atoms with E-state index in [1.54, 1.807) is 31.4 Å². The van der Waals surface area contributed by atoms with Crippen molar-refractivity contribution in [3.63, 3.8) is 0 Å². The second-order valence-electron chi connectivity index (χ2n) is 8.37. The number of oxazole rings is 1. The molecular weight excluding hydrogens is 452 g/mol. The Hall–Kier alpha value is -3.51. The molecule has 34 heavy (non-hydrogen) atoms. The van der Waals surface area contributed by atoms with Crippen LogP contribution in [-0.2, 0) is 6.61 Å². The second kappa shape index (κ2) is 9.77. The summed E-state index contributed by atoms with van der Waals surface area (Å²) in [6.07, 6.45) is 1.59. The number of fused-ring (bicyclic) bond motifs is 1. The minimum Gasteiger partial charge on any atom is -0.493 e. The number of carbonyl (C=O) groups excluding carboxylic acids is 1. The molecule has 0 aliphatic carbocycles. The van der Waals surface area contributed by atoms with Crippen molar-refractivity contribution in [2.75, 3.05) is 20.2 Å². The Kier molecular flexibility index (Phi) is 6.41. The second-order valence-corrected chi connectivity index (χ2v) is 8.81. The molecule has 7 heteroatoms. The number of methoxy groups -OCH3 is 1. The molecule has 0 unspecified atom stereocenters. The van der Waals surface area contributed by atoms with Crippen molar-refractivity contribution in [2.45, 2.75) is 25.4 Å². The highest BCUT2D eigenvalue weighted by Crippen LogP contribution is 2.33. The van der Waals surface area contributed by atoms with Crippen LogP contribution in [0.4, 0.5) is 0 Å². The molecule has 1 aliphatic rings. The van der Waals surface area contributed by atoms with Gasteiger partial charge in [-0.15, -0.1) is 0 Å². The molecule has 1 saturated heterocycles. The van der Waals surface area contributed by atoms with Crippen LogP contribution in [-0.4, -0.2) is 36.0 Å². The lowest BCUT2D eigenvalue weighted by molar-refractivity contribution is 0.0706. The number of hydrogen-bond donors (Lipinski definition) is 0. The van der Waals surface area contributed by atoms with Crippen molar-refractivity contribution in [3.05, 3.63) is 88.8 Å². The smallest absolute Gasteiger partial charge is 0.253 e. The van der Waals surface area contributed by atoms with Crippen LogP contribution in [0.3, 0.4) is 0 Å². The topological polar surface area (TPSA) is 64.8 Å². The van der Waals surface area contributed by atoms with Crippen LogP contribution >= 0.6 is 11.6 Å². The Balaban J connectivity index is 1.23. The van der Waals surface area contributed by atoms with Gasteiger partial charge in [0.2, 0.25) is 0 Å². The average Bonchev–Trinajstić information content (AvgIpc) is 3.31. The van der Waals surface area contributed by atoms with Gasteiger partial charge in [-0.2, -0.15) is 0 Å². The van der Waals surface area contributed by atoms with E-state index < -0.39 is 0 Å². The first-order chi connectivity index (χ1) is 16.6. The Morgan fingerprint density at radius 2 is 1.85 bits per heavy atom. The van der Waals surface area contributed by atoms with Crippen molar-refractivity contribution in [1.29, 1.82) is 0 Å². The lowest BCUT2D eigenvalue weighted by Crippen LogP contribution is -2.38. The van der Waals surface area contributed by atoms with Crippen molar-refractivity contribution in [1.82, 2.24) is 9.88 Å². The summed E-state index contributed by atoms with van der Waals surface area (Å²) in [7, 11) is 1.58. The van der Waals surface area contributed by atoms with Gasteiger partial charge < -0.3 is 18.8 Å². The van der Waals surface area contributed by atoms with E-state index >= 15 is 0 Å². The number of rotatable bonds is 6. The van der Waals surface area contributed by atoms with Gasteiger partial charge in [0, 0.05) is 29.6 Å². The lowest BCUT2D eigenvalue weighted by Gasteiger charge is -2.30. The number of amides is 1. The van der Waals surface area contributed by atoms with Gasteiger partial charge in [0.1, 0.15) is 12.1 Å². The molecule has 0 bridgehead atoms. The van der Waals surface area contributed by atoms with Gasteiger partial charge in [0.25, 0.3) is 5.91 Å². The first-order valence-electron chi connectivity index (χ1n) is 11.3. The highest BCUT2D eigenvalue weighted by atomic mass is 35.5. The monoisotopic (exact) mass is 476 g/mol. The number of carbonyl (C=O) groups is 1. The zero-order valence-corrected chi connectivity index (χ0v) is 19.6. The number of likely N-dealkylation sites (tertiary alicyclic amines) is 1. The third-order valence-electron chi connectivity index (χ3n) is 6.15. The maximum Gasteiger partial charge on any atom is 0.253 e. The maximum atomic E-state index is 13.2. The largest absolute Gasteiger partial charge is 0.493 e. The Bertz CT molecular complexity index is 1300. The van der Waals surface area contributed by atoms with Gasteiger partial charge in [-0.05, 0) is 54.8 Å². The summed E-state index contributed by atoms with van der Waals surface area (Å²) in [5.74, 6) is 2.03. The predicted octanol–water partition coefficient (Wildman–Crippen LogP) is 6.09. The van der Waals surface area contributed by atoms with Gasteiger partial charge in [-0.3, -0.25) is 4.79 Å². The van der Waals surface area contributed by atoms with E-state index in [1.807, 2.05) is 47.4 Å². The normalized spacial score (nSPS) is 14.4. The van der Waals surface area contributed by atoms with E-state index in [1.165, 1.54) is 0 Å². The molecule has 174 valence electrons. The van der Waals surface area contributed by atoms with Crippen LogP contribution < -0.4 is 9.47 Å². The van der Waals surface area contributed by atoms with Crippen molar-refractivity contribution in [3.8, 4) is 11.5 Å². The number of nitrogens with zero attached hydrogens (tertiary/aromatic N) is 2. The summed E-state index contributed by atoms with van der Waals surface area (Å²) in [6, 6.07) is 20.7. The number of ether oxygens (including phenoxy) is 2. The molecule has 0 saturated carbocycles. The summed E-state index contributed by atoms with van der Waals surface area (Å²) in [5.41, 5.74) is 3.15. The minimum absolute atomic E-state index is 0.0179. The molecule has 6 nitrogen and oxygen atoms in total. The van der Waals surface area contributed by atoms with Crippen LogP contribution in [0.15, 0.2) is 71.1 Å². The fourth-order valence-electron chi connectivity index (χ4n) is 4.26. The molecule has 0 N–H and O–H groups in total. The Morgan fingerprint density at radius 1 is 1.06 bits per heavy atom. The first-order valence-corrected chi connectivity index (χ1v) is 11.7. The van der Waals surface area contributed by atoms with Crippen molar-refractivity contribution in [2.24, 2.45) is 0 Å². The minimum atomic E-state index is -0.0179. The molecule has 3 aromatic carbocycles. The number of aromatic nitrogens is 1. The first kappa shape index (κ1) is 22.3. The quantitative estimate of drug-likeness (QED) is 0.337. The maximum absolute atomic E-state index is 13.2. The third-order valence-corrected chi connectivity index (χ3v) is 6.38. The lowest BCUT2D eigenvalue weighted by atomic mass is 9.96. The Labute approximate surface area is 203 Å². The van der Waals surface area contributed by atoms with Crippen LogP contribution in [0.5, 0.6) is 11.5 Å². The van der Waals surface area contributed by atoms with E-state index in [4.69, 9.17) is 25.5 Å². The molecule has 5 rings (SSSR count). The Morgan fingerprint density at radius 3 is 2.62 bits per heavy atom. The average molecular weight is 477 g/mol. The fraction of sp³-hybridized carbons (Fsp3) is 0.259. The zero-order valence-electron chi connectivity index (χ0n) is 18.9. The molecule has 0 spiro atoms. The third kappa shape index (κ3) is 4.73. The van der Waals surface area contributed by atoms with Crippen LogP contribution in [0, 0.1) is 0 Å². The van der Waals surface area contributed by atoms with Gasteiger partial charge in [0.05, 0.1) is 7.11 Å². The zero-order chi connectivity index (χ0) is 23.5. The molecule has 0 radical (unpaired) electrons. The van der Waals surface area contributed by atoms with Crippen molar-refractivity contribution >= 4 is 28.6 Å². The summed E-state index contributed by atoms with van der Waals surface area (Å²) in [4.78, 5) is 19.6. The molecule has 0 atom stereocenters. The van der Waals surface area contributed by atoms with E-state index in [-0.39, 0.29) is 11.8 Å². The highest BCUT2D eigenvalue weighted by Gasteiger charge is 2.28. The summed E-state index contributed by atoms with van der Waals surface area (Å²) in [5, 5.41) is 0.639. The molecule has 1 amide bonds. The van der Waals surface area contributed by atoms with Gasteiger partial charge in [0.15, 0.2) is 23.0 Å². The van der Waals surface area contributed by atoms with Gasteiger partial charge in [-0.25, -0.2) is 4.98 Å². The van der Waals surface area contributed by atoms with Gasteiger partial charge >= 0.3 is 0 Å². The van der Waals surface area contributed by atoms with Crippen LogP contribution in [0.1, 0.15) is 40.6 Å². The molecule has 2 heterocycles. The standard InChI is InChI=1S/C27H25ClN2O4/c1-32-25-15-20(7-9-24(25)33-17-18-5-3-2-4-6-18)27(31)30-13-11-19(12-14-30)26-29-22-16-21(28)8-10-23(22)34-26/h2-10,15-16,19H,11-14,17H2,1H3. The predicted molar refractivity (Wildman–Crippen MR) is 131 cm³/mol. The van der Waals surface area contributed by atoms with E-state index in [2.05, 4.69) is 4.98 Å². The van der Waals surface area contributed by atoms with Crippen LogP contribution in [0.25, 0.3) is 11.1 Å². The molecule has 4 aromatic rings. The van der Waals surface area contributed by atoms with E-state index in [0.29, 0.717) is 47.7 Å². The fourth-order valence-corrected chi connectivity index (χ4v) is 4.43. The summed E-state index contributed by atoms with van der Waals surface area (Å²) >= 11 is 6.06. The molecule has 1 aromatic heterocycles. The van der Waals surface area contributed by atoms with Crippen LogP contribution in [0.2, 0.25) is 5.02 Å². The number of halogens is 1.